The number of aromatic nitrogens is 1. The Morgan fingerprint density at radius 2 is 2.15 bits per heavy atom. The van der Waals surface area contributed by atoms with E-state index < -0.39 is 11.4 Å². The van der Waals surface area contributed by atoms with E-state index in [0.29, 0.717) is 17.4 Å². The van der Waals surface area contributed by atoms with Gasteiger partial charge in [0.1, 0.15) is 5.82 Å². The largest absolute Gasteiger partial charge is 0.350 e. The zero-order chi connectivity index (χ0) is 14.7. The van der Waals surface area contributed by atoms with Gasteiger partial charge in [0.2, 0.25) is 5.56 Å². The summed E-state index contributed by atoms with van der Waals surface area (Å²) in [6.45, 7) is 2.36. The molecule has 3 N–H and O–H groups in total. The number of aromatic amines is 1. The molecule has 1 unspecified atom stereocenters. The molecule has 0 aliphatic heterocycles. The Kier molecular flexibility index (Phi) is 4.14. The molecule has 2 aromatic rings. The Bertz CT molecular complexity index is 696. The van der Waals surface area contributed by atoms with Crippen molar-refractivity contribution < 1.29 is 9.18 Å². The molecular weight excluding hydrogens is 261 g/mol. The molecule has 0 radical (unpaired) electrons. The molecule has 20 heavy (non-hydrogen) atoms. The average molecular weight is 277 g/mol. The van der Waals surface area contributed by atoms with Gasteiger partial charge in [0, 0.05) is 24.0 Å². The van der Waals surface area contributed by atoms with Crippen LogP contribution in [0, 0.1) is 5.82 Å². The van der Waals surface area contributed by atoms with Gasteiger partial charge in [-0.1, -0.05) is 0 Å². The molecule has 6 heteroatoms. The van der Waals surface area contributed by atoms with Gasteiger partial charge < -0.3 is 15.6 Å². The molecule has 0 aliphatic carbocycles. The van der Waals surface area contributed by atoms with E-state index in [2.05, 4.69) is 15.6 Å². The summed E-state index contributed by atoms with van der Waals surface area (Å²) < 4.78 is 13.2. The molecule has 1 heterocycles. The number of H-pyrrole nitrogens is 1. The number of nitrogens with one attached hydrogen (secondary N) is 3. The van der Waals surface area contributed by atoms with E-state index in [0.717, 1.165) is 0 Å². The molecule has 0 aliphatic rings. The van der Waals surface area contributed by atoms with Gasteiger partial charge in [-0.3, -0.25) is 9.59 Å². The third kappa shape index (κ3) is 3.03. The lowest BCUT2D eigenvalue weighted by Crippen LogP contribution is -2.37. The fourth-order valence-corrected chi connectivity index (χ4v) is 1.86. The highest BCUT2D eigenvalue weighted by Gasteiger charge is 2.12. The van der Waals surface area contributed by atoms with Crippen LogP contribution in [0.3, 0.4) is 0 Å². The summed E-state index contributed by atoms with van der Waals surface area (Å²) in [5, 5.41) is 6.25. The molecule has 0 spiro atoms. The van der Waals surface area contributed by atoms with E-state index in [1.807, 2.05) is 6.92 Å². The van der Waals surface area contributed by atoms with E-state index in [9.17, 15) is 14.0 Å². The van der Waals surface area contributed by atoms with Crippen LogP contribution in [0.1, 0.15) is 17.3 Å². The van der Waals surface area contributed by atoms with Gasteiger partial charge >= 0.3 is 0 Å². The fraction of sp³-hybridized carbons (Fsp3) is 0.286. The topological polar surface area (TPSA) is 74.0 Å². The molecule has 0 saturated carbocycles. The van der Waals surface area contributed by atoms with E-state index in [1.54, 1.807) is 7.05 Å². The summed E-state index contributed by atoms with van der Waals surface area (Å²) in [5.41, 5.74) is 0.117. The molecule has 1 atom stereocenters. The SMILES string of the molecule is CNC(C)CNC(=O)c1cc(=O)[nH]c2cc(F)ccc12. The number of rotatable bonds is 4. The standard InChI is InChI=1S/C14H16FN3O2/c1-8(16-2)7-17-14(20)11-6-13(19)18-12-5-9(15)3-4-10(11)12/h3-6,8,16H,7H2,1-2H3,(H,17,20)(H,18,19). The van der Waals surface area contributed by atoms with E-state index >= 15 is 0 Å². The number of amides is 1. The Balaban J connectivity index is 2.38. The van der Waals surface area contributed by atoms with Crippen LogP contribution in [0.5, 0.6) is 0 Å². The fourth-order valence-electron chi connectivity index (χ4n) is 1.86. The predicted molar refractivity (Wildman–Crippen MR) is 75.4 cm³/mol. The molecule has 1 amide bonds. The smallest absolute Gasteiger partial charge is 0.252 e. The van der Waals surface area contributed by atoms with Crippen molar-refractivity contribution in [3.63, 3.8) is 0 Å². The van der Waals surface area contributed by atoms with Crippen molar-refractivity contribution in [1.82, 2.24) is 15.6 Å². The molecule has 2 rings (SSSR count). The lowest BCUT2D eigenvalue weighted by molar-refractivity contribution is 0.0952. The molecule has 5 nitrogen and oxygen atoms in total. The maximum absolute atomic E-state index is 13.2. The first kappa shape index (κ1) is 14.2. The molecule has 1 aromatic heterocycles. The Hall–Kier alpha value is -2.21. The maximum atomic E-state index is 13.2. The molecular formula is C14H16FN3O2. The van der Waals surface area contributed by atoms with Crippen LogP contribution in [0.25, 0.3) is 10.9 Å². The highest BCUT2D eigenvalue weighted by atomic mass is 19.1. The van der Waals surface area contributed by atoms with Crippen molar-refractivity contribution in [2.24, 2.45) is 0 Å². The van der Waals surface area contributed by atoms with Gasteiger partial charge in [-0.15, -0.1) is 0 Å². The summed E-state index contributed by atoms with van der Waals surface area (Å²) in [7, 11) is 1.79. The van der Waals surface area contributed by atoms with Crippen molar-refractivity contribution in [1.29, 1.82) is 0 Å². The second-order valence-corrected chi connectivity index (χ2v) is 4.64. The second-order valence-electron chi connectivity index (χ2n) is 4.64. The van der Waals surface area contributed by atoms with Crippen molar-refractivity contribution in [2.45, 2.75) is 13.0 Å². The third-order valence-electron chi connectivity index (χ3n) is 3.11. The Morgan fingerprint density at radius 3 is 2.85 bits per heavy atom. The zero-order valence-electron chi connectivity index (χ0n) is 11.3. The first-order valence-electron chi connectivity index (χ1n) is 6.29. The molecule has 0 saturated heterocycles. The summed E-state index contributed by atoms with van der Waals surface area (Å²) in [6.07, 6.45) is 0. The van der Waals surface area contributed by atoms with Crippen LogP contribution in [0.2, 0.25) is 0 Å². The Morgan fingerprint density at radius 1 is 1.40 bits per heavy atom. The summed E-state index contributed by atoms with van der Waals surface area (Å²) in [5.74, 6) is -0.815. The molecule has 0 fully saturated rings. The van der Waals surface area contributed by atoms with Crippen molar-refractivity contribution >= 4 is 16.8 Å². The first-order valence-corrected chi connectivity index (χ1v) is 6.29. The summed E-state index contributed by atoms with van der Waals surface area (Å²) >= 11 is 0. The van der Waals surface area contributed by atoms with Crippen LogP contribution in [0.4, 0.5) is 4.39 Å². The van der Waals surface area contributed by atoms with E-state index in [1.165, 1.54) is 24.3 Å². The zero-order valence-corrected chi connectivity index (χ0v) is 11.3. The number of halogens is 1. The van der Waals surface area contributed by atoms with Gasteiger partial charge in [0.05, 0.1) is 11.1 Å². The van der Waals surface area contributed by atoms with Crippen LogP contribution in [0.15, 0.2) is 29.1 Å². The maximum Gasteiger partial charge on any atom is 0.252 e. The minimum atomic E-state index is -0.463. The Labute approximate surface area is 115 Å². The number of pyridine rings is 1. The van der Waals surface area contributed by atoms with E-state index in [4.69, 9.17) is 0 Å². The minimum absolute atomic E-state index is 0.115. The lowest BCUT2D eigenvalue weighted by Gasteiger charge is -2.12. The number of hydrogen-bond donors (Lipinski definition) is 3. The summed E-state index contributed by atoms with van der Waals surface area (Å²) in [6, 6.07) is 5.28. The number of carbonyl (C=O) groups excluding carboxylic acids is 1. The lowest BCUT2D eigenvalue weighted by atomic mass is 10.1. The number of fused-ring (bicyclic) bond motifs is 1. The quantitative estimate of drug-likeness (QED) is 0.780. The molecule has 1 aromatic carbocycles. The highest BCUT2D eigenvalue weighted by molar-refractivity contribution is 6.05. The normalized spacial score (nSPS) is 12.3. The van der Waals surface area contributed by atoms with Gasteiger partial charge in [-0.25, -0.2) is 4.39 Å². The van der Waals surface area contributed by atoms with Crippen molar-refractivity contribution in [2.75, 3.05) is 13.6 Å². The van der Waals surface area contributed by atoms with Crippen LogP contribution < -0.4 is 16.2 Å². The molecule has 0 bridgehead atoms. The van der Waals surface area contributed by atoms with Crippen LogP contribution in [-0.2, 0) is 0 Å². The number of likely N-dealkylation sites (N-methyl/N-ethyl adjacent to an activating group) is 1. The van der Waals surface area contributed by atoms with Gasteiger partial charge in [0.25, 0.3) is 5.91 Å². The van der Waals surface area contributed by atoms with Gasteiger partial charge in [-0.05, 0) is 32.2 Å². The minimum Gasteiger partial charge on any atom is -0.350 e. The van der Waals surface area contributed by atoms with E-state index in [-0.39, 0.29) is 17.5 Å². The van der Waals surface area contributed by atoms with Crippen LogP contribution >= 0.6 is 0 Å². The average Bonchev–Trinajstić information content (AvgIpc) is 2.42. The van der Waals surface area contributed by atoms with Crippen LogP contribution in [-0.4, -0.2) is 30.5 Å². The summed E-state index contributed by atoms with van der Waals surface area (Å²) in [4.78, 5) is 26.2. The highest BCUT2D eigenvalue weighted by Crippen LogP contribution is 2.16. The van der Waals surface area contributed by atoms with Gasteiger partial charge in [-0.2, -0.15) is 0 Å². The predicted octanol–water partition coefficient (Wildman–Crippen LogP) is 1.00. The number of carbonyl (C=O) groups is 1. The number of benzene rings is 1. The molecule has 106 valence electrons. The first-order chi connectivity index (χ1) is 9.51. The second kappa shape index (κ2) is 5.83. The van der Waals surface area contributed by atoms with Crippen molar-refractivity contribution in [3.8, 4) is 0 Å². The number of hydrogen-bond acceptors (Lipinski definition) is 3. The van der Waals surface area contributed by atoms with Gasteiger partial charge in [0.15, 0.2) is 0 Å². The third-order valence-corrected chi connectivity index (χ3v) is 3.11. The monoisotopic (exact) mass is 277 g/mol. The van der Waals surface area contributed by atoms with Crippen molar-refractivity contribution in [3.05, 3.63) is 46.0 Å².